The van der Waals surface area contributed by atoms with Crippen LogP contribution in [0.3, 0.4) is 0 Å². The average molecular weight is 307 g/mol. The van der Waals surface area contributed by atoms with Crippen LogP contribution in [0.1, 0.15) is 28.8 Å². The van der Waals surface area contributed by atoms with Gasteiger partial charge in [0.2, 0.25) is 0 Å². The molecule has 2 nitrogen and oxygen atoms in total. The summed E-state index contributed by atoms with van der Waals surface area (Å²) in [4.78, 5) is 12.6. The highest BCUT2D eigenvalue weighted by Gasteiger charge is 2.44. The van der Waals surface area contributed by atoms with E-state index in [0.717, 1.165) is 29.3 Å². The molecule has 3 heteroatoms. The topological polar surface area (TPSA) is 26.3 Å². The number of ether oxygens (including phenoxy) is 1. The molecule has 1 spiro atoms. The Bertz CT molecular complexity index is 535. The summed E-state index contributed by atoms with van der Waals surface area (Å²) >= 11 is 3.44. The standard InChI is InChI=1S/C15H15BrO2/c1-18-12-4-6-15(7-5-12)9-10-2-3-11(16)8-13(10)14(15)17/h2-4,6,8,12H,5,7,9H2,1H3. The quantitative estimate of drug-likeness (QED) is 0.742. The van der Waals surface area contributed by atoms with Crippen LogP contribution >= 0.6 is 15.9 Å². The van der Waals surface area contributed by atoms with Crippen molar-refractivity contribution in [2.24, 2.45) is 5.41 Å². The average Bonchev–Trinajstić information content (AvgIpc) is 2.65. The number of fused-ring (bicyclic) bond motifs is 1. The molecule has 1 aromatic rings. The number of rotatable bonds is 1. The SMILES string of the molecule is COC1C=CC2(CC1)Cc1ccc(Br)cc1C2=O. The van der Waals surface area contributed by atoms with Crippen LogP contribution in [-0.2, 0) is 11.2 Å². The largest absolute Gasteiger partial charge is 0.377 e. The summed E-state index contributed by atoms with van der Waals surface area (Å²) in [5, 5.41) is 0. The Balaban J connectivity index is 1.97. The fourth-order valence-electron chi connectivity index (χ4n) is 3.01. The van der Waals surface area contributed by atoms with Gasteiger partial charge in [0, 0.05) is 17.1 Å². The van der Waals surface area contributed by atoms with Crippen molar-refractivity contribution in [2.45, 2.75) is 25.4 Å². The lowest BCUT2D eigenvalue weighted by molar-refractivity contribution is 0.0777. The maximum absolute atomic E-state index is 12.6. The molecular formula is C15H15BrO2. The Labute approximate surface area is 115 Å². The summed E-state index contributed by atoms with van der Waals surface area (Å²) < 4.78 is 6.29. The summed E-state index contributed by atoms with van der Waals surface area (Å²) in [7, 11) is 1.72. The van der Waals surface area contributed by atoms with Crippen molar-refractivity contribution in [3.63, 3.8) is 0 Å². The Morgan fingerprint density at radius 3 is 2.94 bits per heavy atom. The van der Waals surface area contributed by atoms with Gasteiger partial charge in [0.05, 0.1) is 11.5 Å². The first kappa shape index (κ1) is 12.1. The van der Waals surface area contributed by atoms with Crippen molar-refractivity contribution in [2.75, 3.05) is 7.11 Å². The summed E-state index contributed by atoms with van der Waals surface area (Å²) in [5.74, 6) is 0.268. The van der Waals surface area contributed by atoms with Gasteiger partial charge in [-0.25, -0.2) is 0 Å². The van der Waals surface area contributed by atoms with Crippen molar-refractivity contribution in [3.8, 4) is 0 Å². The van der Waals surface area contributed by atoms with E-state index in [9.17, 15) is 4.79 Å². The number of ketones is 1. The number of benzene rings is 1. The molecule has 94 valence electrons. The third-order valence-corrected chi connectivity index (χ3v) is 4.58. The predicted molar refractivity (Wildman–Crippen MR) is 73.8 cm³/mol. The second kappa shape index (κ2) is 4.32. The molecule has 2 atom stereocenters. The van der Waals surface area contributed by atoms with Gasteiger partial charge in [-0.2, -0.15) is 0 Å². The molecule has 0 radical (unpaired) electrons. The van der Waals surface area contributed by atoms with Crippen LogP contribution in [0.15, 0.2) is 34.8 Å². The van der Waals surface area contributed by atoms with Crippen molar-refractivity contribution in [1.82, 2.24) is 0 Å². The molecule has 1 aromatic carbocycles. The van der Waals surface area contributed by atoms with E-state index < -0.39 is 0 Å². The number of allylic oxidation sites excluding steroid dienone is 1. The number of hydrogen-bond acceptors (Lipinski definition) is 2. The van der Waals surface area contributed by atoms with Gasteiger partial charge in [0.15, 0.2) is 5.78 Å². The molecule has 2 aliphatic carbocycles. The Kier molecular flexibility index (Phi) is 2.91. The molecule has 0 saturated heterocycles. The molecule has 0 heterocycles. The minimum Gasteiger partial charge on any atom is -0.377 e. The molecule has 0 bridgehead atoms. The second-order valence-corrected chi connectivity index (χ2v) is 6.05. The summed E-state index contributed by atoms with van der Waals surface area (Å²) in [6.07, 6.45) is 6.92. The zero-order chi connectivity index (χ0) is 12.8. The predicted octanol–water partition coefficient (Wildman–Crippen LogP) is 3.54. The van der Waals surface area contributed by atoms with E-state index in [2.05, 4.69) is 28.1 Å². The fraction of sp³-hybridized carbons (Fsp3) is 0.400. The minimum atomic E-state index is -0.307. The van der Waals surface area contributed by atoms with Crippen molar-refractivity contribution < 1.29 is 9.53 Å². The number of Topliss-reactive ketones (excluding diaryl/α,β-unsaturated/α-hetero) is 1. The fourth-order valence-corrected chi connectivity index (χ4v) is 3.37. The number of hydrogen-bond donors (Lipinski definition) is 0. The molecule has 0 saturated carbocycles. The first-order chi connectivity index (χ1) is 8.64. The number of carbonyl (C=O) groups is 1. The molecule has 0 N–H and O–H groups in total. The van der Waals surface area contributed by atoms with Gasteiger partial charge in [-0.05, 0) is 37.0 Å². The van der Waals surface area contributed by atoms with E-state index in [4.69, 9.17) is 4.74 Å². The van der Waals surface area contributed by atoms with Gasteiger partial charge in [0.25, 0.3) is 0 Å². The van der Waals surface area contributed by atoms with E-state index in [0.29, 0.717) is 0 Å². The van der Waals surface area contributed by atoms with E-state index >= 15 is 0 Å². The minimum absolute atomic E-state index is 0.166. The van der Waals surface area contributed by atoms with Gasteiger partial charge < -0.3 is 4.74 Å². The second-order valence-electron chi connectivity index (χ2n) is 5.14. The summed E-state index contributed by atoms with van der Waals surface area (Å²) in [5.41, 5.74) is 1.74. The molecule has 2 aliphatic rings. The first-order valence-electron chi connectivity index (χ1n) is 6.20. The van der Waals surface area contributed by atoms with Crippen LogP contribution in [0, 0.1) is 5.41 Å². The van der Waals surface area contributed by atoms with Gasteiger partial charge >= 0.3 is 0 Å². The molecule has 0 amide bonds. The van der Waals surface area contributed by atoms with E-state index in [1.165, 1.54) is 5.56 Å². The Morgan fingerprint density at radius 1 is 1.44 bits per heavy atom. The highest BCUT2D eigenvalue weighted by Crippen LogP contribution is 2.44. The van der Waals surface area contributed by atoms with E-state index in [1.807, 2.05) is 18.2 Å². The smallest absolute Gasteiger partial charge is 0.173 e. The van der Waals surface area contributed by atoms with Crippen LogP contribution in [0.25, 0.3) is 0 Å². The lowest BCUT2D eigenvalue weighted by Gasteiger charge is -2.29. The zero-order valence-corrected chi connectivity index (χ0v) is 11.9. The van der Waals surface area contributed by atoms with Crippen LogP contribution < -0.4 is 0 Å². The lowest BCUT2D eigenvalue weighted by atomic mass is 9.75. The number of halogens is 1. The third-order valence-electron chi connectivity index (χ3n) is 4.08. The van der Waals surface area contributed by atoms with Crippen molar-refractivity contribution >= 4 is 21.7 Å². The Morgan fingerprint density at radius 2 is 2.28 bits per heavy atom. The summed E-state index contributed by atoms with van der Waals surface area (Å²) in [6, 6.07) is 6.01. The monoisotopic (exact) mass is 306 g/mol. The third kappa shape index (κ3) is 1.77. The number of methoxy groups -OCH3 is 1. The summed E-state index contributed by atoms with van der Waals surface area (Å²) in [6.45, 7) is 0. The highest BCUT2D eigenvalue weighted by atomic mass is 79.9. The molecule has 0 fully saturated rings. The molecule has 18 heavy (non-hydrogen) atoms. The van der Waals surface area contributed by atoms with Gasteiger partial charge in [-0.15, -0.1) is 0 Å². The number of carbonyl (C=O) groups excluding carboxylic acids is 1. The Hall–Kier alpha value is -0.930. The van der Waals surface area contributed by atoms with Crippen LogP contribution in [-0.4, -0.2) is 19.0 Å². The highest BCUT2D eigenvalue weighted by molar-refractivity contribution is 9.10. The maximum Gasteiger partial charge on any atom is 0.173 e. The molecule has 2 unspecified atom stereocenters. The molecule has 0 aromatic heterocycles. The maximum atomic E-state index is 12.6. The van der Waals surface area contributed by atoms with Gasteiger partial charge in [-0.1, -0.05) is 34.1 Å². The van der Waals surface area contributed by atoms with E-state index in [1.54, 1.807) is 7.11 Å². The normalized spacial score (nSPS) is 29.9. The van der Waals surface area contributed by atoms with Crippen LogP contribution in [0.5, 0.6) is 0 Å². The first-order valence-corrected chi connectivity index (χ1v) is 6.99. The molecule has 3 rings (SSSR count). The molecular weight excluding hydrogens is 292 g/mol. The zero-order valence-electron chi connectivity index (χ0n) is 10.3. The van der Waals surface area contributed by atoms with Crippen molar-refractivity contribution in [3.05, 3.63) is 46.0 Å². The van der Waals surface area contributed by atoms with Crippen LogP contribution in [0.2, 0.25) is 0 Å². The van der Waals surface area contributed by atoms with Gasteiger partial charge in [0.1, 0.15) is 0 Å². The van der Waals surface area contributed by atoms with E-state index in [-0.39, 0.29) is 17.3 Å². The van der Waals surface area contributed by atoms with Crippen molar-refractivity contribution in [1.29, 1.82) is 0 Å². The molecule has 0 aliphatic heterocycles. The lowest BCUT2D eigenvalue weighted by Crippen LogP contribution is -2.31. The van der Waals surface area contributed by atoms with Gasteiger partial charge in [-0.3, -0.25) is 4.79 Å². The van der Waals surface area contributed by atoms with Crippen LogP contribution in [0.4, 0.5) is 0 Å².